The summed E-state index contributed by atoms with van der Waals surface area (Å²) in [5, 5.41) is 0. The molecule has 1 amide bonds. The molecule has 2 rings (SSSR count). The zero-order valence-corrected chi connectivity index (χ0v) is 15.7. The predicted octanol–water partition coefficient (Wildman–Crippen LogP) is 3.50. The van der Waals surface area contributed by atoms with Gasteiger partial charge >= 0.3 is 0 Å². The lowest BCUT2D eigenvalue weighted by Gasteiger charge is -2.41. The fourth-order valence-corrected chi connectivity index (χ4v) is 4.26. The lowest BCUT2D eigenvalue weighted by atomic mass is 9.73. The highest BCUT2D eigenvalue weighted by Gasteiger charge is 2.41. The van der Waals surface area contributed by atoms with E-state index in [9.17, 15) is 4.79 Å². The van der Waals surface area contributed by atoms with Crippen LogP contribution in [0.25, 0.3) is 0 Å². The van der Waals surface area contributed by atoms with E-state index in [1.807, 2.05) is 18.2 Å². The van der Waals surface area contributed by atoms with Crippen LogP contribution in [0.1, 0.15) is 65.5 Å². The van der Waals surface area contributed by atoms with Crippen LogP contribution >= 0.6 is 0 Å². The molecule has 4 heteroatoms. The second kappa shape index (κ2) is 8.11. The zero-order valence-electron chi connectivity index (χ0n) is 15.7. The van der Waals surface area contributed by atoms with E-state index in [1.54, 1.807) is 6.20 Å². The Morgan fingerprint density at radius 1 is 1.33 bits per heavy atom. The van der Waals surface area contributed by atoms with Crippen LogP contribution in [0.2, 0.25) is 0 Å². The summed E-state index contributed by atoms with van der Waals surface area (Å²) in [5.41, 5.74) is 6.09. The quantitative estimate of drug-likeness (QED) is 0.832. The van der Waals surface area contributed by atoms with Gasteiger partial charge in [0.1, 0.15) is 0 Å². The van der Waals surface area contributed by atoms with E-state index in [2.05, 4.69) is 37.6 Å². The van der Waals surface area contributed by atoms with E-state index in [0.717, 1.165) is 25.1 Å². The van der Waals surface area contributed by atoms with Crippen molar-refractivity contribution in [2.75, 3.05) is 6.54 Å². The molecule has 0 radical (unpaired) electrons. The number of carbonyl (C=O) groups is 1. The smallest absolute Gasteiger partial charge is 0.229 e. The van der Waals surface area contributed by atoms with Crippen molar-refractivity contribution in [1.29, 1.82) is 0 Å². The van der Waals surface area contributed by atoms with E-state index in [1.165, 1.54) is 19.3 Å². The summed E-state index contributed by atoms with van der Waals surface area (Å²) in [6.07, 6.45) is 7.02. The van der Waals surface area contributed by atoms with Gasteiger partial charge in [-0.25, -0.2) is 0 Å². The molecule has 0 aromatic carbocycles. The number of amides is 1. The molecule has 3 atom stereocenters. The molecule has 2 heterocycles. The van der Waals surface area contributed by atoms with Crippen molar-refractivity contribution in [3.8, 4) is 0 Å². The Labute approximate surface area is 146 Å². The normalized spacial score (nSPS) is 24.7. The molecule has 1 aliphatic rings. The number of primary amides is 1. The largest absolute Gasteiger partial charge is 0.369 e. The van der Waals surface area contributed by atoms with Gasteiger partial charge in [0.2, 0.25) is 5.91 Å². The standard InChI is InChI=1S/C20H33N3O/c1-15(2)14-20(19(21)24,18-10-5-6-12-22-18)11-13-23-16(3)8-7-9-17(23)4/h5-6,10,12,15-17H,7-9,11,13-14H2,1-4H3,(H2,21,24)/t16-,17+,20-/m0/s1. The lowest BCUT2D eigenvalue weighted by molar-refractivity contribution is -0.125. The summed E-state index contributed by atoms with van der Waals surface area (Å²) in [4.78, 5) is 19.6. The summed E-state index contributed by atoms with van der Waals surface area (Å²) in [5.74, 6) is 0.142. The Bertz CT molecular complexity index is 521. The third-order valence-electron chi connectivity index (χ3n) is 5.56. The summed E-state index contributed by atoms with van der Waals surface area (Å²) >= 11 is 0. The molecule has 1 aliphatic heterocycles. The SMILES string of the molecule is CC(C)C[C@](CCN1[C@H](C)CCC[C@@H]1C)(C(N)=O)c1ccccn1. The number of nitrogens with two attached hydrogens (primary N) is 1. The highest BCUT2D eigenvalue weighted by molar-refractivity contribution is 5.86. The maximum atomic E-state index is 12.6. The number of piperidine rings is 1. The highest BCUT2D eigenvalue weighted by Crippen LogP contribution is 2.35. The Morgan fingerprint density at radius 2 is 2.00 bits per heavy atom. The van der Waals surface area contributed by atoms with Crippen LogP contribution in [-0.4, -0.2) is 34.4 Å². The molecule has 1 aromatic heterocycles. The van der Waals surface area contributed by atoms with Gasteiger partial charge in [-0.1, -0.05) is 26.3 Å². The van der Waals surface area contributed by atoms with Crippen LogP contribution in [0, 0.1) is 5.92 Å². The van der Waals surface area contributed by atoms with Crippen LogP contribution in [0.15, 0.2) is 24.4 Å². The average molecular weight is 332 g/mol. The minimum Gasteiger partial charge on any atom is -0.369 e. The van der Waals surface area contributed by atoms with Crippen molar-refractivity contribution >= 4 is 5.91 Å². The molecule has 2 N–H and O–H groups in total. The molecular formula is C20H33N3O. The third-order valence-corrected chi connectivity index (χ3v) is 5.56. The van der Waals surface area contributed by atoms with E-state index in [4.69, 9.17) is 5.73 Å². The van der Waals surface area contributed by atoms with Crippen LogP contribution in [0.5, 0.6) is 0 Å². The van der Waals surface area contributed by atoms with Crippen molar-refractivity contribution in [3.05, 3.63) is 30.1 Å². The van der Waals surface area contributed by atoms with Crippen LogP contribution < -0.4 is 5.73 Å². The maximum Gasteiger partial charge on any atom is 0.229 e. The Hall–Kier alpha value is -1.42. The number of nitrogens with zero attached hydrogens (tertiary/aromatic N) is 2. The molecule has 134 valence electrons. The number of likely N-dealkylation sites (tertiary alicyclic amines) is 1. The molecule has 0 spiro atoms. The van der Waals surface area contributed by atoms with Crippen LogP contribution in [0.3, 0.4) is 0 Å². The minimum absolute atomic E-state index is 0.243. The molecule has 1 aromatic rings. The van der Waals surface area contributed by atoms with Crippen molar-refractivity contribution in [3.63, 3.8) is 0 Å². The van der Waals surface area contributed by atoms with Gasteiger partial charge in [-0.3, -0.25) is 14.7 Å². The van der Waals surface area contributed by atoms with Crippen molar-refractivity contribution in [2.45, 2.75) is 77.3 Å². The van der Waals surface area contributed by atoms with Crippen molar-refractivity contribution in [1.82, 2.24) is 9.88 Å². The van der Waals surface area contributed by atoms with Gasteiger partial charge in [-0.05, 0) is 57.6 Å². The monoisotopic (exact) mass is 331 g/mol. The first-order valence-electron chi connectivity index (χ1n) is 9.34. The van der Waals surface area contributed by atoms with E-state index in [-0.39, 0.29) is 5.91 Å². The molecule has 4 nitrogen and oxygen atoms in total. The van der Waals surface area contributed by atoms with Gasteiger partial charge in [0.05, 0.1) is 11.1 Å². The highest BCUT2D eigenvalue weighted by atomic mass is 16.1. The third kappa shape index (κ3) is 4.15. The van der Waals surface area contributed by atoms with Gasteiger partial charge in [0.15, 0.2) is 0 Å². The first-order valence-corrected chi connectivity index (χ1v) is 9.34. The van der Waals surface area contributed by atoms with Gasteiger partial charge in [0.25, 0.3) is 0 Å². The Balaban J connectivity index is 2.27. The van der Waals surface area contributed by atoms with Crippen molar-refractivity contribution < 1.29 is 4.79 Å². The molecule has 0 bridgehead atoms. The van der Waals surface area contributed by atoms with Gasteiger partial charge in [-0.2, -0.15) is 0 Å². The topological polar surface area (TPSA) is 59.2 Å². The number of hydrogen-bond acceptors (Lipinski definition) is 3. The summed E-state index contributed by atoms with van der Waals surface area (Å²) in [6, 6.07) is 6.94. The van der Waals surface area contributed by atoms with E-state index in [0.29, 0.717) is 18.0 Å². The number of carbonyl (C=O) groups excluding carboxylic acids is 1. The molecule has 1 saturated heterocycles. The minimum atomic E-state index is -0.674. The van der Waals surface area contributed by atoms with Crippen molar-refractivity contribution in [2.24, 2.45) is 11.7 Å². The molecule has 0 unspecified atom stereocenters. The first-order chi connectivity index (χ1) is 11.4. The molecule has 1 fully saturated rings. The maximum absolute atomic E-state index is 12.6. The number of aromatic nitrogens is 1. The predicted molar refractivity (Wildman–Crippen MR) is 98.7 cm³/mol. The number of hydrogen-bond donors (Lipinski definition) is 1. The number of rotatable bonds is 7. The van der Waals surface area contributed by atoms with Crippen LogP contribution in [0.4, 0.5) is 0 Å². The molecule has 0 saturated carbocycles. The molecule has 24 heavy (non-hydrogen) atoms. The Morgan fingerprint density at radius 3 is 2.50 bits per heavy atom. The summed E-state index contributed by atoms with van der Waals surface area (Å²) in [7, 11) is 0. The summed E-state index contributed by atoms with van der Waals surface area (Å²) < 4.78 is 0. The van der Waals surface area contributed by atoms with Gasteiger partial charge in [-0.15, -0.1) is 0 Å². The average Bonchev–Trinajstić information content (AvgIpc) is 2.53. The lowest BCUT2D eigenvalue weighted by Crippen LogP contribution is -2.49. The molecule has 0 aliphatic carbocycles. The van der Waals surface area contributed by atoms with E-state index >= 15 is 0 Å². The molecular weight excluding hydrogens is 298 g/mol. The van der Waals surface area contributed by atoms with Crippen LogP contribution in [-0.2, 0) is 10.2 Å². The second-order valence-electron chi connectivity index (χ2n) is 7.88. The number of pyridine rings is 1. The Kier molecular flexibility index (Phi) is 6.39. The summed E-state index contributed by atoms with van der Waals surface area (Å²) in [6.45, 7) is 9.78. The second-order valence-corrected chi connectivity index (χ2v) is 7.88. The zero-order chi connectivity index (χ0) is 17.7. The van der Waals surface area contributed by atoms with E-state index < -0.39 is 5.41 Å². The first kappa shape index (κ1) is 18.9. The van der Waals surface area contributed by atoms with Gasteiger partial charge in [0, 0.05) is 24.8 Å². The van der Waals surface area contributed by atoms with Gasteiger partial charge < -0.3 is 5.73 Å². The fraction of sp³-hybridized carbons (Fsp3) is 0.700. The fourth-order valence-electron chi connectivity index (χ4n) is 4.26.